The first-order valence-corrected chi connectivity index (χ1v) is 15.5. The lowest BCUT2D eigenvalue weighted by atomic mass is 9.77. The van der Waals surface area contributed by atoms with Gasteiger partial charge in [-0.1, -0.05) is 0 Å². The van der Waals surface area contributed by atoms with Crippen molar-refractivity contribution >= 4 is 37.6 Å². The van der Waals surface area contributed by atoms with Crippen LogP contribution in [0.4, 0.5) is 10.1 Å². The summed E-state index contributed by atoms with van der Waals surface area (Å²) in [6.45, 7) is 0.678. The highest BCUT2D eigenvalue weighted by molar-refractivity contribution is 7.91. The molecule has 0 unspecified atom stereocenters. The minimum Gasteiger partial charge on any atom is -0.495 e. The smallest absolute Gasteiger partial charge is 0.274 e. The fraction of sp³-hybridized carbons (Fsp3) is 0.360. The molecule has 2 aliphatic heterocycles. The van der Waals surface area contributed by atoms with Crippen LogP contribution in [0.5, 0.6) is 5.75 Å². The van der Waals surface area contributed by atoms with Gasteiger partial charge in [-0.05, 0) is 43.7 Å². The van der Waals surface area contributed by atoms with Gasteiger partial charge in [-0.2, -0.15) is 4.31 Å². The highest BCUT2D eigenvalue weighted by Crippen LogP contribution is 2.50. The molecule has 2 fully saturated rings. The third-order valence-electron chi connectivity index (χ3n) is 7.90. The van der Waals surface area contributed by atoms with Crippen LogP contribution in [0.25, 0.3) is 0 Å². The Kier molecular flexibility index (Phi) is 7.02. The number of nitrogens with one attached hydrogen (secondary N) is 3. The SMILES string of the molecule is COc1ccc(C(=O)Nc2ccc(F)c([C@]3(C)NC(=N)N(C)S(=O)(=O)[C@]34CCN(S(=O)(=O)c3cn(C)cn3)C4)c2)nc1. The molecule has 0 saturated carbocycles. The van der Waals surface area contributed by atoms with E-state index < -0.39 is 54.6 Å². The summed E-state index contributed by atoms with van der Waals surface area (Å²) in [5.41, 5.74) is -1.84. The Hall–Kier alpha value is -4.09. The molecule has 17 heteroatoms. The summed E-state index contributed by atoms with van der Waals surface area (Å²) in [4.78, 5) is 20.8. The molecule has 2 saturated heterocycles. The molecule has 14 nitrogen and oxygen atoms in total. The molecule has 4 heterocycles. The van der Waals surface area contributed by atoms with E-state index >= 15 is 4.39 Å². The number of aryl methyl sites for hydroxylation is 1. The third kappa shape index (κ3) is 4.38. The van der Waals surface area contributed by atoms with Gasteiger partial charge < -0.3 is 19.9 Å². The molecule has 1 amide bonds. The number of guanidine groups is 1. The van der Waals surface area contributed by atoms with Crippen LogP contribution in [0.15, 0.2) is 54.1 Å². The standard InChI is InChI=1S/C25H29FN8O6S2/c1-24(18-11-16(5-7-19(18)26)30-22(35)20-8-6-17(40-4)12-28-20)25(42(38,39)33(3)23(27)31-24)9-10-34(14-25)41(36,37)21-13-32(2)15-29-21/h5-8,11-13,15H,9-10,14H2,1-4H3,(H2,27,31)(H,30,35)/t24-,25-/m0/s1. The van der Waals surface area contributed by atoms with E-state index in [0.717, 1.165) is 14.7 Å². The van der Waals surface area contributed by atoms with Crippen LogP contribution < -0.4 is 15.4 Å². The van der Waals surface area contributed by atoms with Gasteiger partial charge in [-0.3, -0.25) is 10.2 Å². The van der Waals surface area contributed by atoms with Crippen molar-refractivity contribution in [3.8, 4) is 5.75 Å². The van der Waals surface area contributed by atoms with Crippen LogP contribution in [0.1, 0.15) is 29.4 Å². The zero-order valence-electron chi connectivity index (χ0n) is 23.1. The number of halogens is 1. The lowest BCUT2D eigenvalue weighted by molar-refractivity contribution is 0.102. The number of ether oxygens (including phenoxy) is 1. The number of hydrogen-bond acceptors (Lipinski definition) is 9. The number of methoxy groups -OCH3 is 1. The predicted molar refractivity (Wildman–Crippen MR) is 149 cm³/mol. The number of anilines is 1. The normalized spacial score (nSPS) is 24.0. The molecule has 2 atom stereocenters. The lowest BCUT2D eigenvalue weighted by Crippen LogP contribution is -2.74. The maximum atomic E-state index is 15.7. The Bertz CT molecular complexity index is 1800. The van der Waals surface area contributed by atoms with E-state index in [9.17, 15) is 21.6 Å². The summed E-state index contributed by atoms with van der Waals surface area (Å²) in [7, 11) is -4.41. The molecule has 0 aliphatic carbocycles. The van der Waals surface area contributed by atoms with Crippen LogP contribution in [0.3, 0.4) is 0 Å². The minimum atomic E-state index is -4.44. The summed E-state index contributed by atoms with van der Waals surface area (Å²) in [6.07, 6.45) is 3.76. The van der Waals surface area contributed by atoms with Crippen molar-refractivity contribution in [1.82, 2.24) is 28.5 Å². The molecule has 2 aromatic heterocycles. The van der Waals surface area contributed by atoms with Crippen LogP contribution in [0.2, 0.25) is 0 Å². The van der Waals surface area contributed by atoms with Crippen LogP contribution in [0, 0.1) is 11.2 Å². The van der Waals surface area contributed by atoms with Crippen molar-refractivity contribution < 1.29 is 30.8 Å². The van der Waals surface area contributed by atoms with Gasteiger partial charge in [-0.15, -0.1) is 0 Å². The second-order valence-electron chi connectivity index (χ2n) is 10.3. The van der Waals surface area contributed by atoms with Gasteiger partial charge >= 0.3 is 0 Å². The Morgan fingerprint density at radius 2 is 1.95 bits per heavy atom. The minimum absolute atomic E-state index is 0.0530. The molecule has 224 valence electrons. The Balaban J connectivity index is 1.57. The fourth-order valence-corrected chi connectivity index (χ4v) is 9.13. The molecule has 3 N–H and O–H groups in total. The molecule has 0 bridgehead atoms. The van der Waals surface area contributed by atoms with E-state index in [0.29, 0.717) is 5.75 Å². The van der Waals surface area contributed by atoms with E-state index in [4.69, 9.17) is 10.1 Å². The lowest BCUT2D eigenvalue weighted by Gasteiger charge is -2.52. The van der Waals surface area contributed by atoms with Crippen molar-refractivity contribution in [2.75, 3.05) is 32.6 Å². The first-order valence-electron chi connectivity index (χ1n) is 12.6. The quantitative estimate of drug-likeness (QED) is 0.363. The molecular weight excluding hydrogens is 591 g/mol. The highest BCUT2D eigenvalue weighted by Gasteiger charge is 2.67. The number of hydrogen-bond donors (Lipinski definition) is 3. The first kappa shape index (κ1) is 29.4. The number of aromatic nitrogens is 3. The van der Waals surface area contributed by atoms with Gasteiger partial charge in [0.05, 0.1) is 25.2 Å². The number of carbonyl (C=O) groups is 1. The molecule has 1 spiro atoms. The summed E-state index contributed by atoms with van der Waals surface area (Å²) < 4.78 is 76.9. The Morgan fingerprint density at radius 1 is 1.21 bits per heavy atom. The van der Waals surface area contributed by atoms with E-state index in [2.05, 4.69) is 20.6 Å². The topological polar surface area (TPSA) is 180 Å². The number of carbonyl (C=O) groups excluding carboxylic acids is 1. The average molecular weight is 621 g/mol. The number of rotatable bonds is 6. The number of imidazole rings is 1. The molecule has 3 aromatic rings. The Labute approximate surface area is 242 Å². The van der Waals surface area contributed by atoms with E-state index in [1.165, 1.54) is 62.6 Å². The third-order valence-corrected chi connectivity index (χ3v) is 12.3. The first-order chi connectivity index (χ1) is 19.7. The monoisotopic (exact) mass is 620 g/mol. The van der Waals surface area contributed by atoms with Gasteiger partial charge in [0.2, 0.25) is 16.0 Å². The molecule has 1 aromatic carbocycles. The van der Waals surface area contributed by atoms with E-state index in [1.54, 1.807) is 13.1 Å². The van der Waals surface area contributed by atoms with Gasteiger partial charge in [0.25, 0.3) is 15.9 Å². The zero-order chi connectivity index (χ0) is 30.7. The zero-order valence-corrected chi connectivity index (χ0v) is 24.8. The van der Waals surface area contributed by atoms with Gasteiger partial charge in [0.1, 0.15) is 22.0 Å². The maximum Gasteiger partial charge on any atom is 0.274 e. The number of pyridine rings is 1. The van der Waals surface area contributed by atoms with Gasteiger partial charge in [0, 0.05) is 44.6 Å². The van der Waals surface area contributed by atoms with Crippen LogP contribution in [-0.2, 0) is 32.6 Å². The number of sulfonamides is 2. The van der Waals surface area contributed by atoms with Crippen molar-refractivity contribution in [2.24, 2.45) is 7.05 Å². The molecule has 5 rings (SSSR count). The van der Waals surface area contributed by atoms with Crippen molar-refractivity contribution in [3.05, 3.63) is 66.1 Å². The van der Waals surface area contributed by atoms with Crippen LogP contribution in [-0.4, -0.2) is 83.8 Å². The van der Waals surface area contributed by atoms with E-state index in [-0.39, 0.29) is 34.9 Å². The van der Waals surface area contributed by atoms with E-state index in [1.807, 2.05) is 0 Å². The summed E-state index contributed by atoms with van der Waals surface area (Å²) >= 11 is 0. The number of amides is 1. The molecular formula is C25H29FN8O6S2. The number of benzene rings is 1. The molecule has 0 radical (unpaired) electrons. The fourth-order valence-electron chi connectivity index (χ4n) is 5.43. The summed E-state index contributed by atoms with van der Waals surface area (Å²) in [5.74, 6) is -1.50. The van der Waals surface area contributed by atoms with Crippen LogP contribution >= 0.6 is 0 Å². The maximum absolute atomic E-state index is 15.7. The largest absolute Gasteiger partial charge is 0.495 e. The van der Waals surface area contributed by atoms with Crippen molar-refractivity contribution in [1.29, 1.82) is 5.41 Å². The van der Waals surface area contributed by atoms with Gasteiger partial charge in [0.15, 0.2) is 5.03 Å². The summed E-state index contributed by atoms with van der Waals surface area (Å²) in [6, 6.07) is 6.63. The number of nitrogens with zero attached hydrogens (tertiary/aromatic N) is 5. The Morgan fingerprint density at radius 3 is 2.57 bits per heavy atom. The highest BCUT2D eigenvalue weighted by atomic mass is 32.2. The second kappa shape index (κ2) is 10.0. The van der Waals surface area contributed by atoms with Gasteiger partial charge in [-0.25, -0.2) is 35.5 Å². The van der Waals surface area contributed by atoms with Crippen molar-refractivity contribution in [2.45, 2.75) is 28.7 Å². The summed E-state index contributed by atoms with van der Waals surface area (Å²) in [5, 5.41) is 13.6. The second-order valence-corrected chi connectivity index (χ2v) is 14.4. The average Bonchev–Trinajstić information content (AvgIpc) is 3.62. The van der Waals surface area contributed by atoms with Crippen molar-refractivity contribution in [3.63, 3.8) is 0 Å². The predicted octanol–water partition coefficient (Wildman–Crippen LogP) is 1.06. The molecule has 2 aliphatic rings. The molecule has 42 heavy (non-hydrogen) atoms.